The first kappa shape index (κ1) is 48.6. The van der Waals surface area contributed by atoms with Crippen LogP contribution in [0.4, 0.5) is 14.5 Å². The summed E-state index contributed by atoms with van der Waals surface area (Å²) in [5.41, 5.74) is 3.33. The number of halogens is 2. The number of ether oxygens (including phenoxy) is 1. The van der Waals surface area contributed by atoms with Crippen LogP contribution in [0, 0.1) is 28.9 Å². The van der Waals surface area contributed by atoms with Gasteiger partial charge in [0.25, 0.3) is 0 Å². The second-order valence-corrected chi connectivity index (χ2v) is 22.8. The van der Waals surface area contributed by atoms with Crippen molar-refractivity contribution in [2.45, 2.75) is 89.1 Å². The number of carbonyl (C=O) groups is 3. The molecule has 6 aromatic rings. The highest BCUT2D eigenvalue weighted by atomic mass is 19.1. The molecule has 0 spiro atoms. The van der Waals surface area contributed by atoms with Crippen LogP contribution < -0.4 is 15.0 Å². The number of nitrogens with zero attached hydrogens (tertiary/aromatic N) is 8. The Labute approximate surface area is 428 Å². The van der Waals surface area contributed by atoms with E-state index in [0.29, 0.717) is 97.1 Å². The molecule has 74 heavy (non-hydrogen) atoms. The minimum atomic E-state index is -0.939. The van der Waals surface area contributed by atoms with E-state index in [-0.39, 0.29) is 51.5 Å². The average Bonchev–Trinajstić information content (AvgIpc) is 3.69. The van der Waals surface area contributed by atoms with E-state index in [1.807, 2.05) is 31.6 Å². The third-order valence-electron chi connectivity index (χ3n) is 17.4. The number of likely N-dealkylation sites (tertiary alicyclic amines) is 3. The van der Waals surface area contributed by atoms with E-state index in [1.54, 1.807) is 18.3 Å². The van der Waals surface area contributed by atoms with Crippen LogP contribution >= 0.6 is 0 Å². The van der Waals surface area contributed by atoms with Crippen molar-refractivity contribution in [3.63, 3.8) is 0 Å². The highest BCUT2D eigenvalue weighted by Crippen LogP contribution is 2.49. The maximum atomic E-state index is 17.2. The number of phenols is 1. The molecule has 17 heteroatoms. The molecule has 15 nitrogen and oxygen atoms in total. The molecule has 5 saturated heterocycles. The van der Waals surface area contributed by atoms with E-state index in [1.165, 1.54) is 17.7 Å². The standard InChI is InChI=1S/C57H65F2N9O6/c1-4-39-44(58)10-7-35-20-38(69)22-42(50(35)39)53-51(59)54-43(24-60-53)46(67-17-5-14-56(2,73)30-67)23-48(62-54)74-32-57(15-16-57)31-66-25-36-27-68(28-37(36)26-66)49(71)29-65-18-12-33(13-19-65)34-6-8-40-45(21-34)64(3)63-52(40)41-9-11-47(70)61-55(41)72/h6-8,10,20-24,33,36-37,41,69,73H,4-5,9,11-19,25-32H2,1-3H3,(H,61,70,72)/t36?,37?,41?,56-/m1/s1. The topological polar surface area (TPSA) is 169 Å². The molecule has 3 aromatic heterocycles. The zero-order valence-electron chi connectivity index (χ0n) is 42.5. The quantitative estimate of drug-likeness (QED) is 0.106. The molecule has 3 N–H and O–H groups in total. The van der Waals surface area contributed by atoms with Crippen molar-refractivity contribution in [3.05, 3.63) is 83.2 Å². The number of aromatic nitrogens is 4. The van der Waals surface area contributed by atoms with Crippen LogP contribution in [-0.4, -0.2) is 140 Å². The van der Waals surface area contributed by atoms with E-state index < -0.39 is 23.2 Å². The zero-order valence-corrected chi connectivity index (χ0v) is 42.5. The lowest BCUT2D eigenvalue weighted by molar-refractivity contribution is -0.134. The minimum Gasteiger partial charge on any atom is -0.508 e. The number of aliphatic hydroxyl groups is 1. The minimum absolute atomic E-state index is 0.0409. The number of nitrogens with one attached hydrogen (secondary N) is 1. The van der Waals surface area contributed by atoms with E-state index in [9.17, 15) is 24.6 Å². The van der Waals surface area contributed by atoms with Gasteiger partial charge in [-0.25, -0.2) is 13.8 Å². The molecule has 1 saturated carbocycles. The van der Waals surface area contributed by atoms with Crippen LogP contribution in [0.25, 0.3) is 43.8 Å². The number of fused-ring (bicyclic) bond motifs is 4. The van der Waals surface area contributed by atoms with E-state index in [4.69, 9.17) is 14.8 Å². The van der Waals surface area contributed by atoms with E-state index >= 15 is 8.78 Å². The van der Waals surface area contributed by atoms with Gasteiger partial charge in [-0.1, -0.05) is 25.1 Å². The lowest BCUT2D eigenvalue weighted by atomic mass is 9.88. The number of anilines is 1. The van der Waals surface area contributed by atoms with Gasteiger partial charge in [0.15, 0.2) is 5.82 Å². The van der Waals surface area contributed by atoms with Gasteiger partial charge in [0, 0.05) is 93.3 Å². The monoisotopic (exact) mass is 1010 g/mol. The van der Waals surface area contributed by atoms with Gasteiger partial charge in [-0.15, -0.1) is 0 Å². The number of imide groups is 1. The summed E-state index contributed by atoms with van der Waals surface area (Å²) in [5, 5.41) is 31.6. The Kier molecular flexibility index (Phi) is 12.4. The SMILES string of the molecule is CCc1c(F)ccc2cc(O)cc(-c3ncc4c(N5CCC[C@@](C)(O)C5)cc(OCC5(CN6CC7CN(C(=O)CN8CCC(c9ccc%10c(C%11CCC(=O)NC%11=O)nn(C)c%10c9)CC8)CC7C6)CC5)nc4c3F)c12. The highest BCUT2D eigenvalue weighted by molar-refractivity contribution is 6.03. The van der Waals surface area contributed by atoms with E-state index in [2.05, 4.69) is 48.1 Å². The number of piperidine rings is 3. The van der Waals surface area contributed by atoms with Crippen LogP contribution in [0.2, 0.25) is 0 Å². The number of rotatable bonds is 12. The predicted octanol–water partition coefficient (Wildman–Crippen LogP) is 7.18. The van der Waals surface area contributed by atoms with Crippen LogP contribution in [0.1, 0.15) is 93.9 Å². The highest BCUT2D eigenvalue weighted by Gasteiger charge is 2.49. The van der Waals surface area contributed by atoms with Gasteiger partial charge in [-0.2, -0.15) is 5.10 Å². The second kappa shape index (κ2) is 18.8. The summed E-state index contributed by atoms with van der Waals surface area (Å²) < 4.78 is 40.8. The summed E-state index contributed by atoms with van der Waals surface area (Å²) >= 11 is 0. The Hall–Kier alpha value is -6.30. The van der Waals surface area contributed by atoms with Crippen molar-refractivity contribution < 1.29 is 38.1 Å². The third kappa shape index (κ3) is 9.12. The zero-order chi connectivity index (χ0) is 51.2. The maximum Gasteiger partial charge on any atom is 0.236 e. The van der Waals surface area contributed by atoms with Gasteiger partial charge < -0.3 is 29.6 Å². The maximum absolute atomic E-state index is 17.2. The van der Waals surface area contributed by atoms with Gasteiger partial charge in [0.2, 0.25) is 23.6 Å². The van der Waals surface area contributed by atoms with Gasteiger partial charge in [0.1, 0.15) is 22.8 Å². The van der Waals surface area contributed by atoms with Gasteiger partial charge >= 0.3 is 0 Å². The number of hydrogen-bond donors (Lipinski definition) is 3. The molecule has 3 amide bonds. The fourth-order valence-corrected chi connectivity index (χ4v) is 13.2. The fraction of sp³-hybridized carbons (Fsp3) is 0.509. The summed E-state index contributed by atoms with van der Waals surface area (Å²) in [5.74, 6) is -0.435. The van der Waals surface area contributed by atoms with Crippen molar-refractivity contribution in [2.24, 2.45) is 24.3 Å². The number of aryl methyl sites for hydroxylation is 2. The Morgan fingerprint density at radius 2 is 1.72 bits per heavy atom. The van der Waals surface area contributed by atoms with Crippen molar-refractivity contribution >= 4 is 56.0 Å². The second-order valence-electron chi connectivity index (χ2n) is 22.8. The normalized spacial score (nSPS) is 24.6. The molecule has 12 rings (SSSR count). The fourth-order valence-electron chi connectivity index (χ4n) is 13.2. The van der Waals surface area contributed by atoms with Crippen LogP contribution in [0.5, 0.6) is 11.6 Å². The van der Waals surface area contributed by atoms with Crippen molar-refractivity contribution in [2.75, 3.05) is 77.0 Å². The first-order valence-corrected chi connectivity index (χ1v) is 26.7. The van der Waals surface area contributed by atoms with Gasteiger partial charge in [-0.05, 0) is 135 Å². The van der Waals surface area contributed by atoms with Crippen molar-refractivity contribution in [1.29, 1.82) is 0 Å². The molecule has 3 aromatic carbocycles. The van der Waals surface area contributed by atoms with Crippen molar-refractivity contribution in [3.8, 4) is 22.9 Å². The lowest BCUT2D eigenvalue weighted by Gasteiger charge is -2.38. The van der Waals surface area contributed by atoms with Crippen molar-refractivity contribution in [1.82, 2.24) is 39.8 Å². The molecule has 3 unspecified atom stereocenters. The molecular weight excluding hydrogens is 945 g/mol. The summed E-state index contributed by atoms with van der Waals surface area (Å²) in [7, 11) is 1.90. The molecular formula is C57H65F2N9O6. The largest absolute Gasteiger partial charge is 0.508 e. The van der Waals surface area contributed by atoms with Crippen LogP contribution in [-0.2, 0) is 27.9 Å². The number of amides is 3. The number of phenolic OH excluding ortho intramolecular Hbond substituents is 1. The van der Waals surface area contributed by atoms with Crippen LogP contribution in [0.3, 0.4) is 0 Å². The Bertz CT molecular complexity index is 3230. The number of aromatic hydroxyl groups is 1. The van der Waals surface area contributed by atoms with E-state index in [0.717, 1.165) is 94.5 Å². The number of pyridine rings is 2. The number of hydrogen-bond acceptors (Lipinski definition) is 12. The molecule has 1 aliphatic carbocycles. The first-order chi connectivity index (χ1) is 35.6. The predicted molar refractivity (Wildman–Crippen MR) is 277 cm³/mol. The summed E-state index contributed by atoms with van der Waals surface area (Å²) in [6.07, 6.45) is 8.04. The molecule has 388 valence electrons. The Balaban J connectivity index is 0.678. The lowest BCUT2D eigenvalue weighted by Crippen LogP contribution is -2.46. The Morgan fingerprint density at radius 3 is 2.45 bits per heavy atom. The van der Waals surface area contributed by atoms with Gasteiger partial charge in [-0.3, -0.25) is 34.3 Å². The summed E-state index contributed by atoms with van der Waals surface area (Å²) in [6.45, 7) is 11.5. The molecule has 0 radical (unpaired) electrons. The molecule has 8 heterocycles. The number of carbonyl (C=O) groups excluding carboxylic acids is 3. The average molecular weight is 1010 g/mol. The molecule has 0 bridgehead atoms. The third-order valence-corrected chi connectivity index (χ3v) is 17.4. The number of β-amino-alcohol motifs (C(OH)–C–C–N with tert-alkyl or cyclic N) is 1. The smallest absolute Gasteiger partial charge is 0.236 e. The molecule has 6 fully saturated rings. The van der Waals surface area contributed by atoms with Crippen LogP contribution in [0.15, 0.2) is 54.7 Å². The summed E-state index contributed by atoms with van der Waals surface area (Å²) in [6, 6.07) is 14.2. The summed E-state index contributed by atoms with van der Waals surface area (Å²) in [4.78, 5) is 56.6. The molecule has 5 aliphatic heterocycles. The Morgan fingerprint density at radius 1 is 0.932 bits per heavy atom. The van der Waals surface area contributed by atoms with Gasteiger partial charge in [0.05, 0.1) is 41.6 Å². The molecule has 4 atom stereocenters. The number of benzene rings is 3. The first-order valence-electron chi connectivity index (χ1n) is 26.7. The molecule has 6 aliphatic rings.